The van der Waals surface area contributed by atoms with Crippen LogP contribution in [0, 0.1) is 5.92 Å². The van der Waals surface area contributed by atoms with E-state index in [1.54, 1.807) is 11.8 Å². The molecule has 27 heavy (non-hydrogen) atoms. The topological polar surface area (TPSA) is 61.9 Å². The number of likely N-dealkylation sites (tertiary alicyclic amines) is 2. The molecule has 2 atom stereocenters. The predicted molar refractivity (Wildman–Crippen MR) is 104 cm³/mol. The van der Waals surface area contributed by atoms with E-state index in [0.29, 0.717) is 26.2 Å². The fraction of sp³-hybridized carbons (Fsp3) is 0.619. The van der Waals surface area contributed by atoms with E-state index in [1.165, 1.54) is 18.4 Å². The summed E-state index contributed by atoms with van der Waals surface area (Å²) in [5.74, 6) is -0.109. The van der Waals surface area contributed by atoms with Crippen molar-refractivity contribution in [2.24, 2.45) is 5.92 Å². The van der Waals surface area contributed by atoms with Gasteiger partial charge in [0.05, 0.1) is 18.6 Å². The van der Waals surface area contributed by atoms with Crippen LogP contribution in [0.3, 0.4) is 0 Å². The van der Waals surface area contributed by atoms with Crippen LogP contribution >= 0.6 is 0 Å². The van der Waals surface area contributed by atoms with E-state index in [9.17, 15) is 9.59 Å². The van der Waals surface area contributed by atoms with Crippen LogP contribution in [0.25, 0.3) is 0 Å². The van der Waals surface area contributed by atoms with Gasteiger partial charge < -0.3 is 15.0 Å². The molecule has 0 bridgehead atoms. The van der Waals surface area contributed by atoms with E-state index >= 15 is 0 Å². The molecule has 3 rings (SSSR count). The average Bonchev–Trinajstić information content (AvgIpc) is 3.23. The number of nitrogens with zero attached hydrogens (tertiary/aromatic N) is 2. The first-order chi connectivity index (χ1) is 13.2. The molecule has 6 nitrogen and oxygen atoms in total. The standard InChI is InChI=1S/C21H31N3O3/c1-2-27-21(26)24-14-8-11-18(16-24)20(25)22-15-19(23-12-6-7-13-23)17-9-4-3-5-10-17/h3-5,9-10,18-19H,2,6-8,11-16H2,1H3,(H,22,25). The molecule has 0 aliphatic carbocycles. The number of hydrogen-bond donors (Lipinski definition) is 1. The summed E-state index contributed by atoms with van der Waals surface area (Å²) in [5.41, 5.74) is 1.25. The Morgan fingerprint density at radius 1 is 1.15 bits per heavy atom. The van der Waals surface area contributed by atoms with E-state index < -0.39 is 0 Å². The monoisotopic (exact) mass is 373 g/mol. The Morgan fingerprint density at radius 3 is 2.59 bits per heavy atom. The molecule has 2 fully saturated rings. The highest BCUT2D eigenvalue weighted by Crippen LogP contribution is 2.25. The Kier molecular flexibility index (Phi) is 7.10. The quantitative estimate of drug-likeness (QED) is 0.833. The summed E-state index contributed by atoms with van der Waals surface area (Å²) in [5, 5.41) is 3.16. The van der Waals surface area contributed by atoms with Crippen LogP contribution in [0.5, 0.6) is 0 Å². The predicted octanol–water partition coefficient (Wildman–Crippen LogP) is 2.81. The summed E-state index contributed by atoms with van der Waals surface area (Å²) in [6.07, 6.45) is 3.78. The largest absolute Gasteiger partial charge is 0.450 e. The molecule has 2 aliphatic heterocycles. The molecule has 148 valence electrons. The molecule has 0 aromatic heterocycles. The zero-order valence-electron chi connectivity index (χ0n) is 16.2. The third-order valence-corrected chi connectivity index (χ3v) is 5.55. The van der Waals surface area contributed by atoms with Crippen molar-refractivity contribution in [1.82, 2.24) is 15.1 Å². The molecule has 2 heterocycles. The zero-order valence-corrected chi connectivity index (χ0v) is 16.2. The van der Waals surface area contributed by atoms with Gasteiger partial charge in [0.15, 0.2) is 0 Å². The van der Waals surface area contributed by atoms with Gasteiger partial charge in [-0.25, -0.2) is 4.79 Å². The van der Waals surface area contributed by atoms with Gasteiger partial charge in [-0.15, -0.1) is 0 Å². The lowest BCUT2D eigenvalue weighted by molar-refractivity contribution is -0.126. The van der Waals surface area contributed by atoms with Gasteiger partial charge in [-0.05, 0) is 51.3 Å². The van der Waals surface area contributed by atoms with E-state index in [1.807, 2.05) is 6.07 Å². The Morgan fingerprint density at radius 2 is 1.89 bits per heavy atom. The molecule has 6 heteroatoms. The van der Waals surface area contributed by atoms with Crippen molar-refractivity contribution in [2.45, 2.75) is 38.6 Å². The number of amides is 2. The number of carbonyl (C=O) groups excluding carboxylic acids is 2. The number of rotatable bonds is 6. The minimum absolute atomic E-state index is 0.0455. The van der Waals surface area contributed by atoms with Crippen LogP contribution < -0.4 is 5.32 Å². The Bertz CT molecular complexity index is 616. The summed E-state index contributed by atoms with van der Waals surface area (Å²) >= 11 is 0. The molecule has 2 saturated heterocycles. The van der Waals surface area contributed by atoms with Gasteiger partial charge >= 0.3 is 6.09 Å². The maximum absolute atomic E-state index is 12.8. The van der Waals surface area contributed by atoms with Crippen LogP contribution in [0.4, 0.5) is 4.79 Å². The van der Waals surface area contributed by atoms with Gasteiger partial charge in [0.25, 0.3) is 0 Å². The number of hydrogen-bond acceptors (Lipinski definition) is 4. The lowest BCUT2D eigenvalue weighted by atomic mass is 9.97. The Balaban J connectivity index is 1.58. The zero-order chi connectivity index (χ0) is 19.1. The van der Waals surface area contributed by atoms with Gasteiger partial charge in [0.2, 0.25) is 5.91 Å². The van der Waals surface area contributed by atoms with Crippen molar-refractivity contribution in [3.05, 3.63) is 35.9 Å². The highest BCUT2D eigenvalue weighted by molar-refractivity contribution is 5.80. The first kappa shape index (κ1) is 19.7. The normalized spacial score (nSPS) is 21.7. The van der Waals surface area contributed by atoms with Crippen molar-refractivity contribution >= 4 is 12.0 Å². The van der Waals surface area contributed by atoms with Gasteiger partial charge in [-0.1, -0.05) is 30.3 Å². The van der Waals surface area contributed by atoms with Crippen molar-refractivity contribution in [3.63, 3.8) is 0 Å². The van der Waals surface area contributed by atoms with E-state index in [-0.39, 0.29) is 24.0 Å². The third-order valence-electron chi connectivity index (χ3n) is 5.55. The van der Waals surface area contributed by atoms with E-state index in [4.69, 9.17) is 4.74 Å². The van der Waals surface area contributed by atoms with E-state index in [0.717, 1.165) is 25.9 Å². The Hall–Kier alpha value is -2.08. The maximum Gasteiger partial charge on any atom is 0.409 e. The number of benzene rings is 1. The highest BCUT2D eigenvalue weighted by atomic mass is 16.6. The maximum atomic E-state index is 12.8. The van der Waals surface area contributed by atoms with Crippen LogP contribution in [0.2, 0.25) is 0 Å². The van der Waals surface area contributed by atoms with Gasteiger partial charge in [0.1, 0.15) is 0 Å². The molecule has 2 aliphatic rings. The van der Waals surface area contributed by atoms with Crippen LogP contribution in [-0.2, 0) is 9.53 Å². The second-order valence-corrected chi connectivity index (χ2v) is 7.40. The van der Waals surface area contributed by atoms with Gasteiger partial charge in [0, 0.05) is 19.6 Å². The van der Waals surface area contributed by atoms with E-state index in [2.05, 4.69) is 34.5 Å². The fourth-order valence-electron chi connectivity index (χ4n) is 4.10. The average molecular weight is 373 g/mol. The summed E-state index contributed by atoms with van der Waals surface area (Å²) in [6.45, 7) is 6.05. The SMILES string of the molecule is CCOC(=O)N1CCCC(C(=O)NCC(c2ccccc2)N2CCCC2)C1. The summed E-state index contributed by atoms with van der Waals surface area (Å²) in [7, 11) is 0. The highest BCUT2D eigenvalue weighted by Gasteiger charge is 2.30. The number of piperidine rings is 1. The van der Waals surface area contributed by atoms with Crippen molar-refractivity contribution in [1.29, 1.82) is 0 Å². The number of nitrogens with one attached hydrogen (secondary N) is 1. The summed E-state index contributed by atoms with van der Waals surface area (Å²) in [6, 6.07) is 10.6. The molecular weight excluding hydrogens is 342 g/mol. The molecule has 1 aromatic carbocycles. The van der Waals surface area contributed by atoms with Gasteiger partial charge in [-0.3, -0.25) is 9.69 Å². The molecule has 1 aromatic rings. The minimum atomic E-state index is -0.311. The summed E-state index contributed by atoms with van der Waals surface area (Å²) in [4.78, 5) is 28.8. The van der Waals surface area contributed by atoms with Crippen LogP contribution in [0.15, 0.2) is 30.3 Å². The third kappa shape index (κ3) is 5.22. The van der Waals surface area contributed by atoms with Crippen LogP contribution in [0.1, 0.15) is 44.2 Å². The van der Waals surface area contributed by atoms with Crippen LogP contribution in [-0.4, -0.2) is 61.1 Å². The Labute approximate surface area is 161 Å². The van der Waals surface area contributed by atoms with Crippen molar-refractivity contribution in [3.8, 4) is 0 Å². The lowest BCUT2D eigenvalue weighted by Gasteiger charge is -2.32. The molecule has 0 spiro atoms. The molecular formula is C21H31N3O3. The fourth-order valence-corrected chi connectivity index (χ4v) is 4.10. The molecule has 0 radical (unpaired) electrons. The molecule has 1 N–H and O–H groups in total. The first-order valence-electron chi connectivity index (χ1n) is 10.2. The molecule has 0 saturated carbocycles. The second kappa shape index (κ2) is 9.74. The number of carbonyl (C=O) groups is 2. The smallest absolute Gasteiger partial charge is 0.409 e. The number of ether oxygens (including phenoxy) is 1. The molecule has 2 amide bonds. The lowest BCUT2D eigenvalue weighted by Crippen LogP contribution is -2.47. The van der Waals surface area contributed by atoms with Crippen molar-refractivity contribution < 1.29 is 14.3 Å². The second-order valence-electron chi connectivity index (χ2n) is 7.40. The molecule has 2 unspecified atom stereocenters. The first-order valence-corrected chi connectivity index (χ1v) is 10.2. The van der Waals surface area contributed by atoms with Crippen molar-refractivity contribution in [2.75, 3.05) is 39.3 Å². The minimum Gasteiger partial charge on any atom is -0.450 e. The summed E-state index contributed by atoms with van der Waals surface area (Å²) < 4.78 is 5.08. The van der Waals surface area contributed by atoms with Gasteiger partial charge in [-0.2, -0.15) is 0 Å².